The molecule has 0 fully saturated rings. The second kappa shape index (κ2) is 5.31. The predicted octanol–water partition coefficient (Wildman–Crippen LogP) is 2.98. The van der Waals surface area contributed by atoms with Gasteiger partial charge >= 0.3 is 0 Å². The van der Waals surface area contributed by atoms with E-state index in [4.69, 9.17) is 0 Å². The lowest BCUT2D eigenvalue weighted by atomic mass is 10.2. The summed E-state index contributed by atoms with van der Waals surface area (Å²) in [6, 6.07) is 6.82. The Bertz CT molecular complexity index is 510. The molecule has 5 heteroatoms. The van der Waals surface area contributed by atoms with Crippen LogP contribution in [0.4, 0.5) is 10.1 Å². The first-order valence-electron chi connectivity index (χ1n) is 5.32. The van der Waals surface area contributed by atoms with Crippen molar-refractivity contribution in [2.24, 2.45) is 7.05 Å². The molecule has 0 amide bonds. The fourth-order valence-electron chi connectivity index (χ4n) is 1.60. The number of aromatic nitrogens is 2. The van der Waals surface area contributed by atoms with Crippen LogP contribution in [0.2, 0.25) is 0 Å². The average molecular weight is 298 g/mol. The predicted molar refractivity (Wildman–Crippen MR) is 69.5 cm³/mol. The number of benzene rings is 1. The number of nitrogens with one attached hydrogen (secondary N) is 1. The van der Waals surface area contributed by atoms with E-state index in [0.29, 0.717) is 12.2 Å². The lowest BCUT2D eigenvalue weighted by Crippen LogP contribution is -2.09. The van der Waals surface area contributed by atoms with Gasteiger partial charge in [-0.3, -0.25) is 4.68 Å². The lowest BCUT2D eigenvalue weighted by molar-refractivity contribution is 0.629. The maximum absolute atomic E-state index is 13.4. The number of anilines is 1. The smallest absolute Gasteiger partial charge is 0.146 e. The first kappa shape index (κ1) is 12.1. The van der Waals surface area contributed by atoms with Gasteiger partial charge in [-0.15, -0.1) is 0 Å². The third kappa shape index (κ3) is 3.06. The van der Waals surface area contributed by atoms with Gasteiger partial charge in [-0.1, -0.05) is 15.9 Å². The van der Waals surface area contributed by atoms with Gasteiger partial charge in [-0.05, 0) is 24.3 Å². The first-order valence-corrected chi connectivity index (χ1v) is 6.12. The van der Waals surface area contributed by atoms with Crippen LogP contribution >= 0.6 is 15.9 Å². The van der Waals surface area contributed by atoms with E-state index in [1.165, 1.54) is 6.07 Å². The van der Waals surface area contributed by atoms with Crippen molar-refractivity contribution in [1.29, 1.82) is 0 Å². The van der Waals surface area contributed by atoms with Crippen LogP contribution in [0.25, 0.3) is 0 Å². The van der Waals surface area contributed by atoms with Gasteiger partial charge in [0.1, 0.15) is 5.82 Å². The van der Waals surface area contributed by atoms with Crippen molar-refractivity contribution in [2.75, 3.05) is 11.9 Å². The summed E-state index contributed by atoms with van der Waals surface area (Å²) >= 11 is 3.32. The van der Waals surface area contributed by atoms with E-state index < -0.39 is 0 Å². The molecular formula is C12H13BrFN3. The normalized spacial score (nSPS) is 10.5. The quantitative estimate of drug-likeness (QED) is 0.940. The molecule has 0 saturated carbocycles. The van der Waals surface area contributed by atoms with Crippen LogP contribution in [-0.2, 0) is 13.5 Å². The summed E-state index contributed by atoms with van der Waals surface area (Å²) in [5.41, 5.74) is 1.63. The fraction of sp³-hybridized carbons (Fsp3) is 0.250. The van der Waals surface area contributed by atoms with Crippen LogP contribution in [0.5, 0.6) is 0 Å². The summed E-state index contributed by atoms with van der Waals surface area (Å²) in [6.07, 6.45) is 2.57. The topological polar surface area (TPSA) is 29.9 Å². The molecular weight excluding hydrogens is 285 g/mol. The molecule has 0 radical (unpaired) electrons. The summed E-state index contributed by atoms with van der Waals surface area (Å²) < 4.78 is 16.1. The Hall–Kier alpha value is -1.36. The highest BCUT2D eigenvalue weighted by atomic mass is 79.9. The molecule has 0 spiro atoms. The van der Waals surface area contributed by atoms with Crippen molar-refractivity contribution < 1.29 is 4.39 Å². The fourth-order valence-corrected chi connectivity index (χ4v) is 1.97. The van der Waals surface area contributed by atoms with E-state index in [1.807, 2.05) is 17.8 Å². The first-order chi connectivity index (χ1) is 8.16. The third-order valence-electron chi connectivity index (χ3n) is 2.55. The highest BCUT2D eigenvalue weighted by Gasteiger charge is 2.03. The van der Waals surface area contributed by atoms with Crippen LogP contribution in [0, 0.1) is 5.82 Å². The molecule has 2 aromatic rings. The third-order valence-corrected chi connectivity index (χ3v) is 3.04. The van der Waals surface area contributed by atoms with E-state index in [9.17, 15) is 4.39 Å². The summed E-state index contributed by atoms with van der Waals surface area (Å²) in [5.74, 6) is -0.238. The number of hydrogen-bond acceptors (Lipinski definition) is 2. The Balaban J connectivity index is 1.94. The minimum atomic E-state index is -0.238. The van der Waals surface area contributed by atoms with Crippen molar-refractivity contribution in [1.82, 2.24) is 9.78 Å². The van der Waals surface area contributed by atoms with Crippen LogP contribution in [0.1, 0.15) is 5.69 Å². The molecule has 0 unspecified atom stereocenters. The van der Waals surface area contributed by atoms with E-state index in [0.717, 1.165) is 16.6 Å². The van der Waals surface area contributed by atoms with E-state index >= 15 is 0 Å². The van der Waals surface area contributed by atoms with Crippen LogP contribution in [0.15, 0.2) is 34.9 Å². The Morgan fingerprint density at radius 3 is 2.94 bits per heavy atom. The minimum Gasteiger partial charge on any atom is -0.382 e. The van der Waals surface area contributed by atoms with Gasteiger partial charge in [0.05, 0.1) is 5.69 Å². The Morgan fingerprint density at radius 2 is 2.24 bits per heavy atom. The minimum absolute atomic E-state index is 0.238. The molecule has 0 aliphatic rings. The van der Waals surface area contributed by atoms with E-state index in [1.54, 1.807) is 18.3 Å². The van der Waals surface area contributed by atoms with Gasteiger partial charge in [-0.2, -0.15) is 5.10 Å². The van der Waals surface area contributed by atoms with Crippen molar-refractivity contribution in [3.05, 3.63) is 46.4 Å². The second-order valence-electron chi connectivity index (χ2n) is 3.75. The van der Waals surface area contributed by atoms with Crippen LogP contribution in [-0.4, -0.2) is 16.3 Å². The highest BCUT2D eigenvalue weighted by Crippen LogP contribution is 2.19. The molecule has 1 N–H and O–H groups in total. The molecule has 1 aromatic heterocycles. The van der Waals surface area contributed by atoms with Gasteiger partial charge < -0.3 is 5.32 Å². The molecule has 0 saturated heterocycles. The second-order valence-corrected chi connectivity index (χ2v) is 4.66. The number of halogens is 2. The Labute approximate surface area is 108 Å². The monoisotopic (exact) mass is 297 g/mol. The molecule has 90 valence electrons. The van der Waals surface area contributed by atoms with Crippen molar-refractivity contribution in [2.45, 2.75) is 6.42 Å². The van der Waals surface area contributed by atoms with Crippen LogP contribution < -0.4 is 5.32 Å². The molecule has 3 nitrogen and oxygen atoms in total. The number of hydrogen-bond donors (Lipinski definition) is 1. The Kier molecular flexibility index (Phi) is 3.78. The molecule has 0 aliphatic heterocycles. The molecule has 0 atom stereocenters. The average Bonchev–Trinajstić information content (AvgIpc) is 2.70. The molecule has 0 bridgehead atoms. The van der Waals surface area contributed by atoms with Crippen molar-refractivity contribution in [3.63, 3.8) is 0 Å². The zero-order valence-electron chi connectivity index (χ0n) is 9.45. The Morgan fingerprint density at radius 1 is 1.41 bits per heavy atom. The molecule has 2 rings (SSSR count). The summed E-state index contributed by atoms with van der Waals surface area (Å²) in [6.45, 7) is 0.674. The maximum atomic E-state index is 13.4. The summed E-state index contributed by atoms with van der Waals surface area (Å²) in [4.78, 5) is 0. The largest absolute Gasteiger partial charge is 0.382 e. The van der Waals surface area contributed by atoms with Crippen LogP contribution in [0.3, 0.4) is 0 Å². The lowest BCUT2D eigenvalue weighted by Gasteiger charge is -2.08. The highest BCUT2D eigenvalue weighted by molar-refractivity contribution is 9.10. The number of nitrogens with zero attached hydrogens (tertiary/aromatic N) is 2. The number of aryl methyl sites for hydroxylation is 1. The standard InChI is InChI=1S/C12H13BrFN3/c1-17-10(5-7-16-17)4-6-15-12-8-9(13)2-3-11(12)14/h2-3,5,7-8,15H,4,6H2,1H3. The molecule has 1 heterocycles. The van der Waals surface area contributed by atoms with Gasteiger partial charge in [0.25, 0.3) is 0 Å². The zero-order chi connectivity index (χ0) is 12.3. The molecule has 1 aromatic carbocycles. The van der Waals surface area contributed by atoms with Crippen molar-refractivity contribution >= 4 is 21.6 Å². The van der Waals surface area contributed by atoms with E-state index in [2.05, 4.69) is 26.3 Å². The summed E-state index contributed by atoms with van der Waals surface area (Å²) in [5, 5.41) is 7.15. The molecule has 17 heavy (non-hydrogen) atoms. The van der Waals surface area contributed by atoms with Gasteiger partial charge in [-0.25, -0.2) is 4.39 Å². The van der Waals surface area contributed by atoms with Gasteiger partial charge in [0, 0.05) is 36.4 Å². The SMILES string of the molecule is Cn1nccc1CCNc1cc(Br)ccc1F. The maximum Gasteiger partial charge on any atom is 0.146 e. The number of rotatable bonds is 4. The summed E-state index contributed by atoms with van der Waals surface area (Å²) in [7, 11) is 1.90. The van der Waals surface area contributed by atoms with Gasteiger partial charge in [0.2, 0.25) is 0 Å². The van der Waals surface area contributed by atoms with E-state index in [-0.39, 0.29) is 5.82 Å². The van der Waals surface area contributed by atoms with Gasteiger partial charge in [0.15, 0.2) is 0 Å². The van der Waals surface area contributed by atoms with Crippen molar-refractivity contribution in [3.8, 4) is 0 Å². The molecule has 0 aliphatic carbocycles. The zero-order valence-corrected chi connectivity index (χ0v) is 11.0.